The van der Waals surface area contributed by atoms with Gasteiger partial charge in [0.2, 0.25) is 0 Å². The first-order valence-electron chi connectivity index (χ1n) is 13.6. The first-order valence-corrected chi connectivity index (χ1v) is 15.6. The molecule has 1 N–H and O–H groups in total. The molecule has 9 nitrogen and oxygen atoms in total. The molecule has 1 aromatic rings. The molecule has 2 bridgehead atoms. The van der Waals surface area contributed by atoms with Gasteiger partial charge in [0.05, 0.1) is 10.7 Å². The van der Waals surface area contributed by atoms with E-state index in [9.17, 15) is 18.4 Å². The molecule has 226 valence electrons. The van der Waals surface area contributed by atoms with Gasteiger partial charge in [-0.1, -0.05) is 47.1 Å². The van der Waals surface area contributed by atoms with Crippen LogP contribution < -0.4 is 4.72 Å². The van der Waals surface area contributed by atoms with Crippen LogP contribution in [0.15, 0.2) is 64.6 Å². The number of allylic oxidation sites excluding steroid dienone is 6. The fraction of sp³-hybridized carbons (Fsp3) is 0.500. The van der Waals surface area contributed by atoms with Crippen LogP contribution in [0.25, 0.3) is 0 Å². The van der Waals surface area contributed by atoms with Crippen molar-refractivity contribution in [3.63, 3.8) is 0 Å². The van der Waals surface area contributed by atoms with Crippen molar-refractivity contribution < 1.29 is 27.8 Å². The fourth-order valence-electron chi connectivity index (χ4n) is 4.02. The molecule has 1 aliphatic rings. The number of thiazole rings is 1. The number of ether oxygens (including phenoxy) is 2. The summed E-state index contributed by atoms with van der Waals surface area (Å²) in [6, 6.07) is -0.974. The number of aromatic nitrogens is 1. The zero-order valence-corrected chi connectivity index (χ0v) is 26.4. The van der Waals surface area contributed by atoms with Crippen molar-refractivity contribution in [2.24, 2.45) is 0 Å². The molecule has 0 radical (unpaired) electrons. The van der Waals surface area contributed by atoms with Crippen LogP contribution in [0, 0.1) is 0 Å². The molecule has 1 aliphatic heterocycles. The van der Waals surface area contributed by atoms with Crippen LogP contribution in [0.3, 0.4) is 0 Å². The first-order chi connectivity index (χ1) is 19.4. The van der Waals surface area contributed by atoms with Gasteiger partial charge in [0, 0.05) is 42.1 Å². The van der Waals surface area contributed by atoms with E-state index in [2.05, 4.69) is 15.7 Å². The minimum absolute atomic E-state index is 0.279. The summed E-state index contributed by atoms with van der Waals surface area (Å²) in [4.78, 5) is 32.1. The van der Waals surface area contributed by atoms with Crippen LogP contribution in [0.1, 0.15) is 57.7 Å². The monoisotopic (exact) mass is 604 g/mol. The predicted octanol–water partition coefficient (Wildman–Crippen LogP) is 4.52. The number of nitrogens with one attached hydrogen (secondary N) is 1. The average molecular weight is 605 g/mol. The number of carbonyl (C=O) groups is 2. The van der Waals surface area contributed by atoms with E-state index in [0.29, 0.717) is 25.7 Å². The summed E-state index contributed by atoms with van der Waals surface area (Å²) in [5, 5.41) is 2.75. The van der Waals surface area contributed by atoms with Gasteiger partial charge in [-0.25, -0.2) is 14.5 Å². The molecular formula is C30H42N3O6S2-. The highest BCUT2D eigenvalue weighted by atomic mass is 32.2. The summed E-state index contributed by atoms with van der Waals surface area (Å²) < 4.78 is 36.1. The molecule has 1 aromatic heterocycles. The topological polar surface area (TPSA) is 121 Å². The molecule has 0 aliphatic carbocycles. The highest BCUT2D eigenvalue weighted by molar-refractivity contribution is 7.77. The minimum Gasteiger partial charge on any atom is -0.760 e. The highest BCUT2D eigenvalue weighted by Crippen LogP contribution is 2.18. The van der Waals surface area contributed by atoms with Crippen LogP contribution in [-0.4, -0.2) is 69.5 Å². The molecule has 0 fully saturated rings. The van der Waals surface area contributed by atoms with Crippen molar-refractivity contribution in [2.75, 3.05) is 20.6 Å². The number of likely N-dealkylation sites (N-methyl/N-ethyl adjacent to an activating group) is 1. The summed E-state index contributed by atoms with van der Waals surface area (Å²) in [6.07, 6.45) is 14.1. The maximum absolute atomic E-state index is 12.7. The Morgan fingerprint density at radius 2 is 1.95 bits per heavy atom. The van der Waals surface area contributed by atoms with E-state index in [1.807, 2.05) is 58.5 Å². The number of aryl methyl sites for hydroxylation is 1. The standard InChI is InChI=1S/C30H43N3O6S2/c1-21(15-16-33(5)6)13-14-23(3)18-26-19-28-31-25(20-40-28)10-8-11-27(32-41(36)37)30(35)38-24(4)17-22(2)9-7-12-29(34)39-26/h7,9,12-15,18,20,24,26-27,32H,8,10-11,16-17,19H2,1-6H3,(H,36,37)/p-1/b12-7-,14-13+,21-15+,22-9+,23-18+/t24-,26+,27+/m0/s1. The van der Waals surface area contributed by atoms with Gasteiger partial charge in [0.1, 0.15) is 18.2 Å². The number of cyclic esters (lactones) is 2. The van der Waals surface area contributed by atoms with E-state index in [-0.39, 0.29) is 6.42 Å². The van der Waals surface area contributed by atoms with Crippen LogP contribution in [0.5, 0.6) is 0 Å². The van der Waals surface area contributed by atoms with Crippen LogP contribution in [0.2, 0.25) is 0 Å². The van der Waals surface area contributed by atoms with Crippen molar-refractivity contribution in [1.82, 2.24) is 14.6 Å². The van der Waals surface area contributed by atoms with Gasteiger partial charge in [-0.05, 0) is 67.1 Å². The van der Waals surface area contributed by atoms with E-state index in [4.69, 9.17) is 14.5 Å². The molecule has 0 saturated heterocycles. The quantitative estimate of drug-likeness (QED) is 0.274. The van der Waals surface area contributed by atoms with Gasteiger partial charge < -0.3 is 18.9 Å². The van der Waals surface area contributed by atoms with Crippen LogP contribution in [0.4, 0.5) is 0 Å². The third-order valence-corrected chi connectivity index (χ3v) is 7.46. The van der Waals surface area contributed by atoms with Gasteiger partial charge in [-0.15, -0.1) is 11.3 Å². The maximum atomic E-state index is 12.7. The normalized spacial score (nSPS) is 25.5. The summed E-state index contributed by atoms with van der Waals surface area (Å²) in [6.45, 7) is 8.47. The smallest absolute Gasteiger partial charge is 0.331 e. The Kier molecular flexibility index (Phi) is 15.1. The van der Waals surface area contributed by atoms with E-state index >= 15 is 0 Å². The number of hydrogen-bond acceptors (Lipinski definition) is 9. The minimum atomic E-state index is -2.60. The van der Waals surface area contributed by atoms with Crippen molar-refractivity contribution >= 4 is 34.5 Å². The molecule has 2 rings (SSSR count). The lowest BCUT2D eigenvalue weighted by Crippen LogP contribution is -2.40. The lowest BCUT2D eigenvalue weighted by molar-refractivity contribution is -0.150. The zero-order chi connectivity index (χ0) is 30.4. The number of carbonyl (C=O) groups excluding carboxylic acids is 2. The molecule has 0 saturated carbocycles. The van der Waals surface area contributed by atoms with Crippen LogP contribution >= 0.6 is 11.3 Å². The number of fused-ring (bicyclic) bond motifs is 2. The van der Waals surface area contributed by atoms with E-state index in [0.717, 1.165) is 34.0 Å². The molecule has 2 heterocycles. The summed E-state index contributed by atoms with van der Waals surface area (Å²) >= 11 is -1.13. The highest BCUT2D eigenvalue weighted by Gasteiger charge is 2.22. The first kappa shape index (κ1) is 34.5. The second-order valence-corrected chi connectivity index (χ2v) is 12.1. The van der Waals surface area contributed by atoms with Crippen molar-refractivity contribution in [3.8, 4) is 0 Å². The van der Waals surface area contributed by atoms with Gasteiger partial charge in [-0.3, -0.25) is 9.00 Å². The lowest BCUT2D eigenvalue weighted by Gasteiger charge is -2.21. The molecule has 0 spiro atoms. The van der Waals surface area contributed by atoms with Gasteiger partial charge in [0.25, 0.3) is 0 Å². The SMILES string of the molecule is CC(/C=C/C(C)=C/[C@@H]1Cc2nc(cs2)CCC[C@@H](NS(=O)[O-])C(=O)O[C@@H](C)C/C(C)=C/C=C\C(=O)O1)=C\CN(C)C. The second-order valence-electron chi connectivity index (χ2n) is 10.5. The fourth-order valence-corrected chi connectivity index (χ4v) is 5.34. The van der Waals surface area contributed by atoms with Crippen molar-refractivity contribution in [3.05, 3.63) is 75.3 Å². The Hall–Kier alpha value is -2.70. The Labute approximate surface area is 250 Å². The molecular weight excluding hydrogens is 562 g/mol. The van der Waals surface area contributed by atoms with Crippen molar-refractivity contribution in [2.45, 2.75) is 78.0 Å². The zero-order valence-electron chi connectivity index (χ0n) is 24.8. The van der Waals surface area contributed by atoms with Gasteiger partial charge in [0.15, 0.2) is 0 Å². The number of nitrogens with zero attached hydrogens (tertiary/aromatic N) is 2. The molecule has 0 aromatic carbocycles. The summed E-state index contributed by atoms with van der Waals surface area (Å²) in [7, 11) is 4.04. The molecule has 1 unspecified atom stereocenters. The van der Waals surface area contributed by atoms with Gasteiger partial charge >= 0.3 is 11.9 Å². The Morgan fingerprint density at radius 1 is 1.22 bits per heavy atom. The molecule has 11 heteroatoms. The largest absolute Gasteiger partial charge is 0.760 e. The van der Waals surface area contributed by atoms with E-state index < -0.39 is 41.5 Å². The van der Waals surface area contributed by atoms with Crippen LogP contribution in [-0.2, 0) is 43.2 Å². The predicted molar refractivity (Wildman–Crippen MR) is 163 cm³/mol. The lowest BCUT2D eigenvalue weighted by atomic mass is 10.1. The van der Waals surface area contributed by atoms with E-state index in [1.54, 1.807) is 19.1 Å². The molecule has 4 atom stereocenters. The summed E-state index contributed by atoms with van der Waals surface area (Å²) in [5.41, 5.74) is 3.82. The second kappa shape index (κ2) is 18.0. The summed E-state index contributed by atoms with van der Waals surface area (Å²) in [5.74, 6) is -1.09. The maximum Gasteiger partial charge on any atom is 0.331 e. The molecule has 0 amide bonds. The average Bonchev–Trinajstić information content (AvgIpc) is 3.31. The molecule has 41 heavy (non-hydrogen) atoms. The van der Waals surface area contributed by atoms with E-state index in [1.165, 1.54) is 17.4 Å². The Morgan fingerprint density at radius 3 is 2.66 bits per heavy atom. The number of esters is 2. The number of rotatable bonds is 7. The number of hydrogen-bond donors (Lipinski definition) is 1. The van der Waals surface area contributed by atoms with Crippen molar-refractivity contribution in [1.29, 1.82) is 0 Å². The third-order valence-electron chi connectivity index (χ3n) is 6.07. The van der Waals surface area contributed by atoms with Gasteiger partial charge in [-0.2, -0.15) is 0 Å². The third kappa shape index (κ3) is 14.7. The Balaban J connectivity index is 2.29. The Bertz CT molecular complexity index is 1200.